The molecule has 1 aromatic carbocycles. The van der Waals surface area contributed by atoms with Gasteiger partial charge in [-0.2, -0.15) is 0 Å². The Kier molecular flexibility index (Phi) is 3.25. The van der Waals surface area contributed by atoms with Crippen molar-refractivity contribution < 1.29 is 22.7 Å². The quantitative estimate of drug-likeness (QED) is 0.780. The van der Waals surface area contributed by atoms with Crippen LogP contribution in [0.5, 0.6) is 11.5 Å². The first kappa shape index (κ1) is 13.5. The lowest BCUT2D eigenvalue weighted by molar-refractivity contribution is -0.128. The maximum atomic E-state index is 11.9. The molecule has 0 radical (unpaired) electrons. The van der Waals surface area contributed by atoms with Gasteiger partial charge in [0.05, 0.1) is 0 Å². The number of ether oxygens (including phenoxy) is 2. The average Bonchev–Trinajstić information content (AvgIpc) is 2.96. The van der Waals surface area contributed by atoms with E-state index in [1.165, 1.54) is 4.90 Å². The molecular weight excluding hydrogens is 306 g/mol. The van der Waals surface area contributed by atoms with Gasteiger partial charge in [-0.1, -0.05) is 12.1 Å². The van der Waals surface area contributed by atoms with Gasteiger partial charge in [0, 0.05) is 35.8 Å². The highest BCUT2D eigenvalue weighted by Gasteiger charge is 2.37. The summed E-state index contributed by atoms with van der Waals surface area (Å²) in [5.74, 6) is 1.02. The molecule has 1 atom stereocenters. The lowest BCUT2D eigenvalue weighted by Crippen LogP contribution is -2.26. The number of nitrogens with zero attached hydrogens (tertiary/aromatic N) is 1. The molecule has 1 saturated heterocycles. The van der Waals surface area contributed by atoms with Crippen LogP contribution in [0.15, 0.2) is 18.2 Å². The molecule has 0 aromatic heterocycles. The number of amides is 1. The number of carbonyl (C=O) groups is 1. The number of benzene rings is 1. The van der Waals surface area contributed by atoms with Crippen molar-refractivity contribution in [1.29, 1.82) is 0 Å². The highest BCUT2D eigenvalue weighted by atomic mass is 35.7. The van der Waals surface area contributed by atoms with Crippen LogP contribution in [0.25, 0.3) is 0 Å². The Morgan fingerprint density at radius 2 is 2.15 bits per heavy atom. The number of hydrogen-bond donors (Lipinski definition) is 0. The monoisotopic (exact) mass is 317 g/mol. The van der Waals surface area contributed by atoms with E-state index in [-0.39, 0.29) is 32.2 Å². The minimum absolute atomic E-state index is 0.0712. The van der Waals surface area contributed by atoms with Crippen LogP contribution in [-0.4, -0.2) is 37.8 Å². The molecule has 2 heterocycles. The molecule has 2 aliphatic heterocycles. The SMILES string of the molecule is O=C1CC(S(=O)(=O)Cl)CN1Cc1cccc2c1OCO2. The standard InChI is InChI=1S/C12H12ClNO5S/c13-20(16,17)9-4-11(15)14(6-9)5-8-2-1-3-10-12(8)19-7-18-10/h1-3,9H,4-7H2. The molecule has 6 nitrogen and oxygen atoms in total. The van der Waals surface area contributed by atoms with Crippen LogP contribution >= 0.6 is 10.7 Å². The summed E-state index contributed by atoms with van der Waals surface area (Å²) < 4.78 is 33.2. The van der Waals surface area contributed by atoms with Crippen molar-refractivity contribution >= 4 is 25.6 Å². The van der Waals surface area contributed by atoms with Gasteiger partial charge in [-0.25, -0.2) is 8.42 Å². The van der Waals surface area contributed by atoms with Gasteiger partial charge in [0.25, 0.3) is 0 Å². The van der Waals surface area contributed by atoms with Crippen molar-refractivity contribution in [3.05, 3.63) is 23.8 Å². The minimum Gasteiger partial charge on any atom is -0.454 e. The van der Waals surface area contributed by atoms with Crippen LogP contribution in [-0.2, 0) is 20.4 Å². The van der Waals surface area contributed by atoms with Crippen LogP contribution in [0.1, 0.15) is 12.0 Å². The molecule has 0 N–H and O–H groups in total. The summed E-state index contributed by atoms with van der Waals surface area (Å²) in [5.41, 5.74) is 0.793. The predicted octanol–water partition coefficient (Wildman–Crippen LogP) is 1.08. The van der Waals surface area contributed by atoms with E-state index in [1.54, 1.807) is 12.1 Å². The van der Waals surface area contributed by atoms with Crippen LogP contribution in [0, 0.1) is 0 Å². The summed E-state index contributed by atoms with van der Waals surface area (Å²) in [6.45, 7) is 0.544. The molecule has 3 rings (SSSR count). The zero-order valence-corrected chi connectivity index (χ0v) is 12.0. The molecule has 1 amide bonds. The molecule has 20 heavy (non-hydrogen) atoms. The predicted molar refractivity (Wildman–Crippen MR) is 71.2 cm³/mol. The van der Waals surface area contributed by atoms with E-state index in [0.29, 0.717) is 11.5 Å². The topological polar surface area (TPSA) is 72.9 Å². The number of fused-ring (bicyclic) bond motifs is 1. The molecular formula is C12H12ClNO5S. The molecule has 8 heteroatoms. The number of rotatable bonds is 3. The summed E-state index contributed by atoms with van der Waals surface area (Å²) in [6.07, 6.45) is -0.0712. The van der Waals surface area contributed by atoms with Crippen molar-refractivity contribution in [2.75, 3.05) is 13.3 Å². The van der Waals surface area contributed by atoms with Crippen molar-refractivity contribution in [1.82, 2.24) is 4.90 Å². The van der Waals surface area contributed by atoms with Gasteiger partial charge < -0.3 is 14.4 Å². The number of hydrogen-bond acceptors (Lipinski definition) is 5. The van der Waals surface area contributed by atoms with Gasteiger partial charge in [-0.3, -0.25) is 4.79 Å². The van der Waals surface area contributed by atoms with E-state index >= 15 is 0 Å². The fourth-order valence-electron chi connectivity index (χ4n) is 2.40. The number of likely N-dealkylation sites (tertiary alicyclic amines) is 1. The molecule has 0 saturated carbocycles. The van der Waals surface area contributed by atoms with Gasteiger partial charge in [0.2, 0.25) is 21.8 Å². The third kappa shape index (κ3) is 2.43. The van der Waals surface area contributed by atoms with Crippen molar-refractivity contribution in [3.8, 4) is 11.5 Å². The Balaban J connectivity index is 1.79. The molecule has 108 valence electrons. The Labute approximate surface area is 120 Å². The van der Waals surface area contributed by atoms with Gasteiger partial charge in [-0.15, -0.1) is 0 Å². The zero-order valence-electron chi connectivity index (χ0n) is 10.4. The number of para-hydroxylation sites is 1. The first-order chi connectivity index (χ1) is 9.45. The van der Waals surface area contributed by atoms with E-state index in [0.717, 1.165) is 5.56 Å². The minimum atomic E-state index is -3.72. The first-order valence-corrected chi connectivity index (χ1v) is 8.41. The lowest BCUT2D eigenvalue weighted by atomic mass is 10.2. The Morgan fingerprint density at radius 1 is 1.35 bits per heavy atom. The van der Waals surface area contributed by atoms with Gasteiger partial charge in [0.15, 0.2) is 11.5 Å². The second-order valence-electron chi connectivity index (χ2n) is 4.73. The summed E-state index contributed by atoms with van der Waals surface area (Å²) in [5, 5.41) is -0.842. The summed E-state index contributed by atoms with van der Waals surface area (Å²) in [4.78, 5) is 13.3. The number of carbonyl (C=O) groups excluding carboxylic acids is 1. The molecule has 1 unspecified atom stereocenters. The van der Waals surface area contributed by atoms with Crippen molar-refractivity contribution in [2.45, 2.75) is 18.2 Å². The lowest BCUT2D eigenvalue weighted by Gasteiger charge is -2.17. The second-order valence-corrected chi connectivity index (χ2v) is 7.64. The maximum Gasteiger partial charge on any atom is 0.237 e. The first-order valence-electron chi connectivity index (χ1n) is 6.04. The Hall–Kier alpha value is -1.47. The molecule has 0 spiro atoms. The van der Waals surface area contributed by atoms with Crippen molar-refractivity contribution in [3.63, 3.8) is 0 Å². The highest BCUT2D eigenvalue weighted by Crippen LogP contribution is 2.36. The number of halogens is 1. The van der Waals surface area contributed by atoms with E-state index in [4.69, 9.17) is 20.2 Å². The average molecular weight is 318 g/mol. The highest BCUT2D eigenvalue weighted by molar-refractivity contribution is 8.14. The van der Waals surface area contributed by atoms with E-state index < -0.39 is 14.3 Å². The Bertz CT molecular complexity index is 660. The Morgan fingerprint density at radius 3 is 2.85 bits per heavy atom. The molecule has 1 aromatic rings. The van der Waals surface area contributed by atoms with Gasteiger partial charge >= 0.3 is 0 Å². The van der Waals surface area contributed by atoms with E-state index in [1.807, 2.05) is 6.07 Å². The summed E-state index contributed by atoms with van der Waals surface area (Å²) in [6, 6.07) is 5.41. The molecule has 0 aliphatic carbocycles. The normalized spacial score (nSPS) is 21.6. The van der Waals surface area contributed by atoms with Crippen LogP contribution in [0.2, 0.25) is 0 Å². The van der Waals surface area contributed by atoms with Crippen molar-refractivity contribution in [2.24, 2.45) is 0 Å². The zero-order chi connectivity index (χ0) is 14.3. The van der Waals surface area contributed by atoms with Crippen LogP contribution < -0.4 is 9.47 Å². The molecule has 1 fully saturated rings. The van der Waals surface area contributed by atoms with Gasteiger partial charge in [-0.05, 0) is 6.07 Å². The fraction of sp³-hybridized carbons (Fsp3) is 0.417. The molecule has 0 bridgehead atoms. The second kappa shape index (κ2) is 4.82. The van der Waals surface area contributed by atoms with Gasteiger partial charge in [0.1, 0.15) is 5.25 Å². The van der Waals surface area contributed by atoms with Crippen LogP contribution in [0.4, 0.5) is 0 Å². The largest absolute Gasteiger partial charge is 0.454 e. The smallest absolute Gasteiger partial charge is 0.237 e. The maximum absolute atomic E-state index is 11.9. The third-order valence-corrected chi connectivity index (χ3v) is 5.28. The summed E-state index contributed by atoms with van der Waals surface area (Å²) >= 11 is 0. The van der Waals surface area contributed by atoms with E-state index in [2.05, 4.69) is 0 Å². The van der Waals surface area contributed by atoms with E-state index in [9.17, 15) is 13.2 Å². The summed E-state index contributed by atoms with van der Waals surface area (Å²) in [7, 11) is 1.60. The third-order valence-electron chi connectivity index (χ3n) is 3.42. The molecule has 2 aliphatic rings. The fourth-order valence-corrected chi connectivity index (χ4v) is 3.46. The van der Waals surface area contributed by atoms with Crippen LogP contribution in [0.3, 0.4) is 0 Å².